The number of aromatic nitrogens is 1. The van der Waals surface area contributed by atoms with Gasteiger partial charge < -0.3 is 20.3 Å². The first kappa shape index (κ1) is 23.4. The van der Waals surface area contributed by atoms with Crippen LogP contribution in [0.5, 0.6) is 0 Å². The Morgan fingerprint density at radius 3 is 2.60 bits per heavy atom. The highest BCUT2D eigenvalue weighted by Crippen LogP contribution is 2.31. The Morgan fingerprint density at radius 2 is 1.91 bits per heavy atom. The lowest BCUT2D eigenvalue weighted by Gasteiger charge is -2.35. The number of ether oxygens (including phenoxy) is 1. The van der Waals surface area contributed by atoms with Crippen molar-refractivity contribution in [1.29, 1.82) is 0 Å². The van der Waals surface area contributed by atoms with Crippen LogP contribution in [0, 0.1) is 5.82 Å². The summed E-state index contributed by atoms with van der Waals surface area (Å²) in [6.07, 6.45) is -1.27. The molecule has 3 aliphatic rings. The molecule has 0 spiro atoms. The summed E-state index contributed by atoms with van der Waals surface area (Å²) < 4.78 is 48.0. The zero-order valence-corrected chi connectivity index (χ0v) is 19.4. The van der Waals surface area contributed by atoms with Crippen LogP contribution in [0.1, 0.15) is 59.3 Å². The molecule has 1 aromatic heterocycles. The molecule has 186 valence electrons. The summed E-state index contributed by atoms with van der Waals surface area (Å²) in [6.45, 7) is 2.68. The van der Waals surface area contributed by atoms with Gasteiger partial charge in [-0.15, -0.1) is 0 Å². The SMILES string of the molecule is C[C@@H](NC1=NCNc2c1cc(C(=O)N1C3CCC1COC3)c(=O)n2C)c1cccc(C(F)F)c1F. The van der Waals surface area contributed by atoms with Crippen LogP contribution in [0.3, 0.4) is 0 Å². The van der Waals surface area contributed by atoms with Crippen molar-refractivity contribution in [3.8, 4) is 0 Å². The van der Waals surface area contributed by atoms with Crippen molar-refractivity contribution in [3.63, 3.8) is 0 Å². The molecule has 5 rings (SSSR count). The van der Waals surface area contributed by atoms with E-state index < -0.39 is 29.4 Å². The van der Waals surface area contributed by atoms with Crippen LogP contribution in [0.15, 0.2) is 34.1 Å². The molecule has 1 aromatic carbocycles. The van der Waals surface area contributed by atoms with E-state index in [-0.39, 0.29) is 35.8 Å². The van der Waals surface area contributed by atoms with E-state index in [9.17, 15) is 22.8 Å². The fraction of sp³-hybridized carbons (Fsp3) is 0.458. The number of morpholine rings is 1. The van der Waals surface area contributed by atoms with Gasteiger partial charge in [-0.2, -0.15) is 0 Å². The molecule has 4 heterocycles. The smallest absolute Gasteiger partial charge is 0.266 e. The maximum atomic E-state index is 14.7. The number of carbonyl (C=O) groups is 1. The zero-order valence-electron chi connectivity index (χ0n) is 19.4. The highest BCUT2D eigenvalue weighted by molar-refractivity contribution is 6.06. The number of fused-ring (bicyclic) bond motifs is 3. The number of amides is 1. The minimum absolute atomic E-state index is 0.0155. The molecule has 2 saturated heterocycles. The van der Waals surface area contributed by atoms with Gasteiger partial charge in [-0.3, -0.25) is 14.2 Å². The van der Waals surface area contributed by atoms with Gasteiger partial charge >= 0.3 is 0 Å². The fourth-order valence-electron chi connectivity index (χ4n) is 5.14. The molecule has 8 nitrogen and oxygen atoms in total. The van der Waals surface area contributed by atoms with Crippen molar-refractivity contribution >= 4 is 17.6 Å². The van der Waals surface area contributed by atoms with Gasteiger partial charge in [0.15, 0.2) is 0 Å². The molecule has 2 aromatic rings. The molecule has 0 aliphatic carbocycles. The largest absolute Gasteiger partial charge is 0.377 e. The third kappa shape index (κ3) is 3.97. The summed E-state index contributed by atoms with van der Waals surface area (Å²) in [5, 5.41) is 6.13. The molecule has 3 aliphatic heterocycles. The van der Waals surface area contributed by atoms with Gasteiger partial charge in [0.05, 0.1) is 42.5 Å². The number of aliphatic imine (C=N–C) groups is 1. The Labute approximate surface area is 199 Å². The number of amidine groups is 1. The first-order valence-corrected chi connectivity index (χ1v) is 11.5. The Morgan fingerprint density at radius 1 is 1.23 bits per heavy atom. The van der Waals surface area contributed by atoms with E-state index in [1.165, 1.54) is 22.8 Å². The molecule has 2 N–H and O–H groups in total. The summed E-state index contributed by atoms with van der Waals surface area (Å²) in [6, 6.07) is 4.56. The van der Waals surface area contributed by atoms with Gasteiger partial charge in [-0.05, 0) is 25.8 Å². The molecular formula is C24H26F3N5O3. The third-order valence-corrected chi connectivity index (χ3v) is 6.97. The van der Waals surface area contributed by atoms with Crippen molar-refractivity contribution in [2.24, 2.45) is 12.0 Å². The maximum absolute atomic E-state index is 14.7. The van der Waals surface area contributed by atoms with E-state index in [1.54, 1.807) is 18.9 Å². The topological polar surface area (TPSA) is 88.0 Å². The summed E-state index contributed by atoms with van der Waals surface area (Å²) in [5.74, 6) is -0.528. The Hall–Kier alpha value is -3.34. The molecule has 2 fully saturated rings. The first-order valence-electron chi connectivity index (χ1n) is 11.5. The van der Waals surface area contributed by atoms with E-state index in [2.05, 4.69) is 15.6 Å². The number of halogens is 3. The van der Waals surface area contributed by atoms with Crippen LogP contribution in [0.4, 0.5) is 19.0 Å². The van der Waals surface area contributed by atoms with Gasteiger partial charge in [-0.1, -0.05) is 18.2 Å². The van der Waals surface area contributed by atoms with Crippen molar-refractivity contribution in [2.75, 3.05) is 25.2 Å². The lowest BCUT2D eigenvalue weighted by Crippen LogP contribution is -2.50. The second-order valence-electron chi connectivity index (χ2n) is 9.08. The zero-order chi connectivity index (χ0) is 24.9. The standard InChI is InChI=1S/C24H26F3N5O3/c1-12(15-4-3-5-16(19(15)25)20(26)27)30-21-17-8-18(23(33)31(2)22(17)29-11-28-21)24(34)32-13-6-7-14(32)10-35-9-13/h3-5,8,12-14,20,29H,6-7,9-11H2,1-2H3,(H,28,30)/t12-,13?,14?/m1/s1. The van der Waals surface area contributed by atoms with E-state index in [0.29, 0.717) is 30.4 Å². The third-order valence-electron chi connectivity index (χ3n) is 6.97. The number of hydrogen-bond donors (Lipinski definition) is 2. The molecule has 3 atom stereocenters. The van der Waals surface area contributed by atoms with E-state index in [4.69, 9.17) is 4.74 Å². The van der Waals surface area contributed by atoms with E-state index in [0.717, 1.165) is 18.9 Å². The van der Waals surface area contributed by atoms with Crippen molar-refractivity contribution in [1.82, 2.24) is 14.8 Å². The summed E-state index contributed by atoms with van der Waals surface area (Å²) >= 11 is 0. The Balaban J connectivity index is 1.48. The summed E-state index contributed by atoms with van der Waals surface area (Å²) in [4.78, 5) is 32.8. The molecule has 2 unspecified atom stereocenters. The number of carbonyl (C=O) groups excluding carboxylic acids is 1. The molecule has 11 heteroatoms. The highest BCUT2D eigenvalue weighted by atomic mass is 19.3. The van der Waals surface area contributed by atoms with Crippen LogP contribution in [0.2, 0.25) is 0 Å². The van der Waals surface area contributed by atoms with Crippen LogP contribution in [-0.4, -0.2) is 53.2 Å². The molecule has 2 bridgehead atoms. The number of nitrogens with zero attached hydrogens (tertiary/aromatic N) is 3. The second kappa shape index (κ2) is 9.03. The Bertz CT molecular complexity index is 1250. The molecule has 0 saturated carbocycles. The lowest BCUT2D eigenvalue weighted by atomic mass is 10.0. The first-order chi connectivity index (χ1) is 16.8. The van der Waals surface area contributed by atoms with Gasteiger partial charge in [0.25, 0.3) is 17.9 Å². The van der Waals surface area contributed by atoms with Crippen LogP contribution in [0.25, 0.3) is 0 Å². The number of nitrogens with one attached hydrogen (secondary N) is 2. The molecule has 35 heavy (non-hydrogen) atoms. The average Bonchev–Trinajstić information content (AvgIpc) is 3.09. The number of hydrogen-bond acceptors (Lipinski definition) is 6. The van der Waals surface area contributed by atoms with Crippen LogP contribution in [-0.2, 0) is 11.8 Å². The predicted molar refractivity (Wildman–Crippen MR) is 123 cm³/mol. The van der Waals surface area contributed by atoms with E-state index in [1.807, 2.05) is 0 Å². The maximum Gasteiger partial charge on any atom is 0.266 e. The quantitative estimate of drug-likeness (QED) is 0.690. The number of anilines is 1. The predicted octanol–water partition coefficient (Wildman–Crippen LogP) is 2.95. The number of alkyl halides is 2. The molecular weight excluding hydrogens is 463 g/mol. The van der Waals surface area contributed by atoms with Gasteiger partial charge in [0.2, 0.25) is 0 Å². The van der Waals surface area contributed by atoms with Gasteiger partial charge in [-0.25, -0.2) is 18.2 Å². The number of benzene rings is 1. The minimum atomic E-state index is -2.93. The van der Waals surface area contributed by atoms with Crippen molar-refractivity contribution < 1.29 is 22.7 Å². The van der Waals surface area contributed by atoms with Crippen LogP contribution >= 0.6 is 0 Å². The Kier molecular flexibility index (Phi) is 6.04. The normalized spacial score (nSPS) is 21.9. The summed E-state index contributed by atoms with van der Waals surface area (Å²) in [5.41, 5.74) is -0.547. The average molecular weight is 489 g/mol. The molecule has 0 radical (unpaired) electrons. The molecule has 1 amide bonds. The van der Waals surface area contributed by atoms with Crippen LogP contribution < -0.4 is 16.2 Å². The fourth-order valence-corrected chi connectivity index (χ4v) is 5.14. The number of pyridine rings is 1. The number of rotatable bonds is 4. The second-order valence-corrected chi connectivity index (χ2v) is 9.08. The lowest BCUT2D eigenvalue weighted by molar-refractivity contribution is -0.00727. The van der Waals surface area contributed by atoms with Crippen molar-refractivity contribution in [2.45, 2.75) is 44.3 Å². The van der Waals surface area contributed by atoms with E-state index >= 15 is 0 Å². The summed E-state index contributed by atoms with van der Waals surface area (Å²) in [7, 11) is 1.57. The van der Waals surface area contributed by atoms with Gasteiger partial charge in [0.1, 0.15) is 29.7 Å². The minimum Gasteiger partial charge on any atom is -0.377 e. The highest BCUT2D eigenvalue weighted by Gasteiger charge is 2.41. The van der Waals surface area contributed by atoms with Gasteiger partial charge in [0, 0.05) is 12.6 Å². The monoisotopic (exact) mass is 489 g/mol. The van der Waals surface area contributed by atoms with Crippen molar-refractivity contribution in [3.05, 3.63) is 62.7 Å².